The van der Waals surface area contributed by atoms with Gasteiger partial charge in [-0.3, -0.25) is 4.98 Å². The Morgan fingerprint density at radius 2 is 2.25 bits per heavy atom. The Morgan fingerprint density at radius 3 is 3.08 bits per heavy atom. The summed E-state index contributed by atoms with van der Waals surface area (Å²) in [5, 5.41) is 1.21. The van der Waals surface area contributed by atoms with Crippen molar-refractivity contribution in [2.75, 3.05) is 0 Å². The predicted molar refractivity (Wildman–Crippen MR) is 45.9 cm³/mol. The Kier molecular flexibility index (Phi) is 1.51. The summed E-state index contributed by atoms with van der Waals surface area (Å²) >= 11 is 0. The van der Waals surface area contributed by atoms with Crippen molar-refractivity contribution in [2.24, 2.45) is 0 Å². The van der Waals surface area contributed by atoms with Gasteiger partial charge in [0.1, 0.15) is 0 Å². The summed E-state index contributed by atoms with van der Waals surface area (Å²) in [5.74, 6) is 0.0761. The van der Waals surface area contributed by atoms with E-state index in [1.54, 1.807) is 18.3 Å². The van der Waals surface area contributed by atoms with Gasteiger partial charge in [0.15, 0.2) is 9.84 Å². The number of nitrogens with zero attached hydrogens (tertiary/aromatic N) is 1. The van der Waals surface area contributed by atoms with Crippen molar-refractivity contribution in [3.8, 4) is 0 Å². The molecule has 4 heteroatoms. The first kappa shape index (κ1) is 7.49. The molecule has 1 aromatic heterocycles. The first-order chi connectivity index (χ1) is 5.67. The van der Waals surface area contributed by atoms with Crippen LogP contribution in [-0.2, 0) is 15.6 Å². The lowest BCUT2D eigenvalue weighted by molar-refractivity contribution is 0.603. The molecule has 12 heavy (non-hydrogen) atoms. The third-order valence-electron chi connectivity index (χ3n) is 1.72. The minimum absolute atomic E-state index is 0.0761. The van der Waals surface area contributed by atoms with Crippen molar-refractivity contribution in [2.45, 2.75) is 5.75 Å². The Balaban J connectivity index is 2.61. The predicted octanol–water partition coefficient (Wildman–Crippen LogP) is 0.981. The molecule has 0 atom stereocenters. The second-order valence-electron chi connectivity index (χ2n) is 2.66. The average molecular weight is 181 g/mol. The van der Waals surface area contributed by atoms with E-state index < -0.39 is 9.84 Å². The third kappa shape index (κ3) is 1.25. The summed E-state index contributed by atoms with van der Waals surface area (Å²) in [4.78, 5) is 4.03. The maximum absolute atomic E-state index is 11.1. The molecule has 2 heterocycles. The normalized spacial score (nSPS) is 18.7. The molecule has 62 valence electrons. The summed E-state index contributed by atoms with van der Waals surface area (Å²) in [7, 11) is -3.02. The standard InChI is InChI=1S/C8H7NO2S/c10-12(11)5-3-8-7(6-12)2-1-4-9-8/h1-5H,6H2. The number of fused-ring (bicyclic) bond motifs is 1. The second kappa shape index (κ2) is 2.42. The largest absolute Gasteiger partial charge is 0.257 e. The number of rotatable bonds is 0. The lowest BCUT2D eigenvalue weighted by Crippen LogP contribution is -2.06. The fourth-order valence-corrected chi connectivity index (χ4v) is 2.27. The van der Waals surface area contributed by atoms with Gasteiger partial charge in [0.05, 0.1) is 11.4 Å². The van der Waals surface area contributed by atoms with E-state index in [1.807, 2.05) is 0 Å². The number of hydrogen-bond acceptors (Lipinski definition) is 3. The summed E-state index contributed by atoms with van der Waals surface area (Å²) in [6, 6.07) is 3.52. The summed E-state index contributed by atoms with van der Waals surface area (Å²) in [5.41, 5.74) is 1.53. The molecule has 2 rings (SSSR count). The van der Waals surface area contributed by atoms with Crippen LogP contribution in [0.3, 0.4) is 0 Å². The van der Waals surface area contributed by atoms with Gasteiger partial charge in [-0.05, 0) is 17.7 Å². The van der Waals surface area contributed by atoms with E-state index in [9.17, 15) is 8.42 Å². The van der Waals surface area contributed by atoms with Crippen LogP contribution in [0.4, 0.5) is 0 Å². The van der Waals surface area contributed by atoms with Crippen LogP contribution in [0.25, 0.3) is 6.08 Å². The van der Waals surface area contributed by atoms with Crippen molar-refractivity contribution in [3.63, 3.8) is 0 Å². The van der Waals surface area contributed by atoms with Crippen LogP contribution in [0.1, 0.15) is 11.3 Å². The maximum Gasteiger partial charge on any atom is 0.175 e. The van der Waals surface area contributed by atoms with Gasteiger partial charge in [-0.2, -0.15) is 0 Å². The van der Waals surface area contributed by atoms with Crippen molar-refractivity contribution in [1.29, 1.82) is 0 Å². The van der Waals surface area contributed by atoms with Crippen LogP contribution in [0.2, 0.25) is 0 Å². The van der Waals surface area contributed by atoms with Crippen LogP contribution in [-0.4, -0.2) is 13.4 Å². The molecule has 0 N–H and O–H groups in total. The van der Waals surface area contributed by atoms with Gasteiger partial charge in [-0.15, -0.1) is 0 Å². The van der Waals surface area contributed by atoms with Gasteiger partial charge in [-0.25, -0.2) is 8.42 Å². The van der Waals surface area contributed by atoms with Gasteiger partial charge in [0, 0.05) is 11.6 Å². The molecular weight excluding hydrogens is 174 g/mol. The van der Waals surface area contributed by atoms with Crippen LogP contribution in [0.15, 0.2) is 23.7 Å². The summed E-state index contributed by atoms with van der Waals surface area (Å²) in [6.45, 7) is 0. The Labute approximate surface area is 70.7 Å². The van der Waals surface area contributed by atoms with Gasteiger partial charge >= 0.3 is 0 Å². The highest BCUT2D eigenvalue weighted by Crippen LogP contribution is 2.18. The molecule has 1 aliphatic rings. The molecule has 1 aliphatic heterocycles. The molecule has 0 aliphatic carbocycles. The zero-order chi connectivity index (χ0) is 8.60. The highest BCUT2D eigenvalue weighted by molar-refractivity contribution is 7.93. The molecular formula is C8H7NO2S. The van der Waals surface area contributed by atoms with Crippen molar-refractivity contribution in [3.05, 3.63) is 35.0 Å². The maximum atomic E-state index is 11.1. The van der Waals surface area contributed by atoms with E-state index in [2.05, 4.69) is 4.98 Å². The lowest BCUT2D eigenvalue weighted by atomic mass is 10.2. The topological polar surface area (TPSA) is 47.0 Å². The van der Waals surface area contributed by atoms with E-state index in [1.165, 1.54) is 11.5 Å². The summed E-state index contributed by atoms with van der Waals surface area (Å²) in [6.07, 6.45) is 3.19. The molecule has 0 bridgehead atoms. The molecule has 0 fully saturated rings. The van der Waals surface area contributed by atoms with E-state index in [4.69, 9.17) is 0 Å². The molecule has 0 saturated heterocycles. The number of sulfone groups is 1. The Bertz CT molecular complexity index is 434. The smallest absolute Gasteiger partial charge is 0.175 e. The van der Waals surface area contributed by atoms with E-state index in [-0.39, 0.29) is 5.75 Å². The van der Waals surface area contributed by atoms with Gasteiger partial charge < -0.3 is 0 Å². The monoisotopic (exact) mass is 181 g/mol. The summed E-state index contributed by atoms with van der Waals surface area (Å²) < 4.78 is 22.2. The van der Waals surface area contributed by atoms with E-state index in [0.29, 0.717) is 0 Å². The number of pyridine rings is 1. The molecule has 0 spiro atoms. The highest BCUT2D eigenvalue weighted by Gasteiger charge is 2.15. The minimum Gasteiger partial charge on any atom is -0.257 e. The molecule has 0 radical (unpaired) electrons. The number of aromatic nitrogens is 1. The van der Waals surface area contributed by atoms with Gasteiger partial charge in [0.2, 0.25) is 0 Å². The van der Waals surface area contributed by atoms with Crippen molar-refractivity contribution in [1.82, 2.24) is 4.98 Å². The number of hydrogen-bond donors (Lipinski definition) is 0. The zero-order valence-corrected chi connectivity index (χ0v) is 7.08. The van der Waals surface area contributed by atoms with Crippen LogP contribution in [0, 0.1) is 0 Å². The quantitative estimate of drug-likeness (QED) is 0.599. The molecule has 0 amide bonds. The first-order valence-electron chi connectivity index (χ1n) is 3.52. The van der Waals surface area contributed by atoms with Crippen LogP contribution >= 0.6 is 0 Å². The van der Waals surface area contributed by atoms with Gasteiger partial charge in [-0.1, -0.05) is 6.07 Å². The van der Waals surface area contributed by atoms with Crippen LogP contribution in [0.5, 0.6) is 0 Å². The molecule has 0 saturated carbocycles. The molecule has 0 aromatic carbocycles. The van der Waals surface area contributed by atoms with E-state index in [0.717, 1.165) is 11.3 Å². The Hall–Kier alpha value is -1.16. The van der Waals surface area contributed by atoms with Gasteiger partial charge in [0.25, 0.3) is 0 Å². The minimum atomic E-state index is -3.02. The Morgan fingerprint density at radius 1 is 1.42 bits per heavy atom. The fraction of sp³-hybridized carbons (Fsp3) is 0.125. The molecule has 0 unspecified atom stereocenters. The molecule has 1 aromatic rings. The van der Waals surface area contributed by atoms with E-state index >= 15 is 0 Å². The average Bonchev–Trinajstić information content (AvgIpc) is 2.02. The van der Waals surface area contributed by atoms with Crippen molar-refractivity contribution < 1.29 is 8.42 Å². The van der Waals surface area contributed by atoms with Crippen LogP contribution < -0.4 is 0 Å². The first-order valence-corrected chi connectivity index (χ1v) is 5.24. The second-order valence-corrected chi connectivity index (χ2v) is 4.54. The lowest BCUT2D eigenvalue weighted by Gasteiger charge is -2.07. The third-order valence-corrected chi connectivity index (χ3v) is 2.98. The highest BCUT2D eigenvalue weighted by atomic mass is 32.2. The molecule has 3 nitrogen and oxygen atoms in total. The SMILES string of the molecule is O=S1(=O)C=Cc2ncccc2C1. The van der Waals surface area contributed by atoms with Crippen molar-refractivity contribution >= 4 is 15.9 Å². The fourth-order valence-electron chi connectivity index (χ4n) is 1.16. The zero-order valence-electron chi connectivity index (χ0n) is 6.27.